The van der Waals surface area contributed by atoms with E-state index in [9.17, 15) is 4.79 Å². The molecule has 0 spiro atoms. The summed E-state index contributed by atoms with van der Waals surface area (Å²) in [5.74, 6) is 0.173. The third kappa shape index (κ3) is 3.25. The summed E-state index contributed by atoms with van der Waals surface area (Å²) in [5, 5.41) is 7.39. The minimum atomic E-state index is 0.0543. The van der Waals surface area contributed by atoms with Gasteiger partial charge in [0.15, 0.2) is 0 Å². The van der Waals surface area contributed by atoms with Gasteiger partial charge < -0.3 is 4.90 Å². The Hall–Kier alpha value is -2.95. The molecular formula is C21H22N4O. The molecule has 1 N–H and O–H groups in total. The van der Waals surface area contributed by atoms with Crippen LogP contribution in [0.15, 0.2) is 55.0 Å². The lowest BCUT2D eigenvalue weighted by Gasteiger charge is -2.25. The summed E-state index contributed by atoms with van der Waals surface area (Å²) in [6.45, 7) is 2.85. The normalized spacial score (nSPS) is 16.8. The molecule has 0 saturated carbocycles. The second kappa shape index (κ2) is 7.12. The molecule has 0 unspecified atom stereocenters. The van der Waals surface area contributed by atoms with Gasteiger partial charge >= 0.3 is 0 Å². The number of amides is 1. The topological polar surface area (TPSA) is 61.9 Å². The number of H-pyrrole nitrogens is 1. The van der Waals surface area contributed by atoms with Gasteiger partial charge in [-0.1, -0.05) is 29.8 Å². The number of nitrogens with one attached hydrogen (secondary N) is 1. The number of carbonyl (C=O) groups is 1. The van der Waals surface area contributed by atoms with Gasteiger partial charge in [-0.2, -0.15) is 5.10 Å². The molecule has 1 aliphatic heterocycles. The lowest BCUT2D eigenvalue weighted by molar-refractivity contribution is -0.131. The van der Waals surface area contributed by atoms with E-state index < -0.39 is 0 Å². The number of hydrogen-bond donors (Lipinski definition) is 1. The van der Waals surface area contributed by atoms with Gasteiger partial charge in [0.05, 0.1) is 24.4 Å². The van der Waals surface area contributed by atoms with Crippen molar-refractivity contribution in [3.05, 3.63) is 71.8 Å². The fourth-order valence-corrected chi connectivity index (χ4v) is 3.66. The molecule has 4 rings (SSSR count). The van der Waals surface area contributed by atoms with Crippen molar-refractivity contribution in [3.8, 4) is 11.1 Å². The highest BCUT2D eigenvalue weighted by Gasteiger charge is 2.32. The van der Waals surface area contributed by atoms with E-state index in [0.717, 1.165) is 41.8 Å². The highest BCUT2D eigenvalue weighted by atomic mass is 16.2. The average molecular weight is 346 g/mol. The molecule has 3 aromatic rings. The lowest BCUT2D eigenvalue weighted by atomic mass is 10.0. The van der Waals surface area contributed by atoms with E-state index in [1.54, 1.807) is 12.4 Å². The molecule has 1 fully saturated rings. The van der Waals surface area contributed by atoms with E-state index in [2.05, 4.69) is 34.2 Å². The van der Waals surface area contributed by atoms with E-state index in [-0.39, 0.29) is 11.9 Å². The molecule has 1 saturated heterocycles. The number of aryl methyl sites for hydroxylation is 1. The second-order valence-electron chi connectivity index (χ2n) is 6.84. The molecule has 1 aromatic carbocycles. The lowest BCUT2D eigenvalue weighted by Crippen LogP contribution is -2.32. The van der Waals surface area contributed by atoms with E-state index in [1.165, 1.54) is 5.56 Å². The van der Waals surface area contributed by atoms with Crippen LogP contribution in [0.4, 0.5) is 0 Å². The first-order chi connectivity index (χ1) is 12.7. The summed E-state index contributed by atoms with van der Waals surface area (Å²) in [6.07, 6.45) is 7.81. The quantitative estimate of drug-likeness (QED) is 0.784. The maximum Gasteiger partial charge on any atom is 0.227 e. The third-order valence-electron chi connectivity index (χ3n) is 5.04. The van der Waals surface area contributed by atoms with Crippen molar-refractivity contribution < 1.29 is 4.79 Å². The minimum Gasteiger partial charge on any atom is -0.334 e. The summed E-state index contributed by atoms with van der Waals surface area (Å²) in [5.41, 5.74) is 5.41. The molecule has 0 bridgehead atoms. The first-order valence-corrected chi connectivity index (χ1v) is 9.01. The molecule has 1 amide bonds. The van der Waals surface area contributed by atoms with E-state index >= 15 is 0 Å². The van der Waals surface area contributed by atoms with E-state index in [0.29, 0.717) is 6.42 Å². The Morgan fingerprint density at radius 1 is 1.19 bits per heavy atom. The summed E-state index contributed by atoms with van der Waals surface area (Å²) in [7, 11) is 0. The van der Waals surface area contributed by atoms with Gasteiger partial charge in [0.25, 0.3) is 0 Å². The fraction of sp³-hybridized carbons (Fsp3) is 0.286. The zero-order chi connectivity index (χ0) is 17.9. The van der Waals surface area contributed by atoms with E-state index in [4.69, 9.17) is 0 Å². The predicted molar refractivity (Wildman–Crippen MR) is 100 cm³/mol. The van der Waals surface area contributed by atoms with Crippen LogP contribution in [0.25, 0.3) is 11.1 Å². The third-order valence-corrected chi connectivity index (χ3v) is 5.04. The number of carbonyl (C=O) groups excluding carboxylic acids is 1. The Balaban J connectivity index is 1.57. The van der Waals surface area contributed by atoms with Gasteiger partial charge in [0, 0.05) is 24.5 Å². The Bertz CT molecular complexity index is 886. The second-order valence-corrected chi connectivity index (χ2v) is 6.84. The summed E-state index contributed by atoms with van der Waals surface area (Å²) in [6, 6.07) is 12.2. The van der Waals surface area contributed by atoms with Crippen molar-refractivity contribution >= 4 is 5.91 Å². The maximum atomic E-state index is 12.9. The first-order valence-electron chi connectivity index (χ1n) is 9.01. The number of likely N-dealkylation sites (tertiary alicyclic amines) is 1. The van der Waals surface area contributed by atoms with Crippen LogP contribution in [0.3, 0.4) is 0 Å². The molecule has 1 aliphatic rings. The molecule has 0 radical (unpaired) electrons. The number of aromatic amines is 1. The van der Waals surface area contributed by atoms with Gasteiger partial charge in [-0.05, 0) is 43.0 Å². The molecule has 5 nitrogen and oxygen atoms in total. The summed E-state index contributed by atoms with van der Waals surface area (Å²) < 4.78 is 0. The number of rotatable bonds is 4. The van der Waals surface area contributed by atoms with Crippen LogP contribution < -0.4 is 0 Å². The molecule has 132 valence electrons. The summed E-state index contributed by atoms with van der Waals surface area (Å²) >= 11 is 0. The van der Waals surface area contributed by atoms with Gasteiger partial charge in [-0.25, -0.2) is 0 Å². The maximum absolute atomic E-state index is 12.9. The Kier molecular flexibility index (Phi) is 4.52. The van der Waals surface area contributed by atoms with Gasteiger partial charge in [-0.15, -0.1) is 0 Å². The highest BCUT2D eigenvalue weighted by Crippen LogP contribution is 2.36. The number of hydrogen-bond acceptors (Lipinski definition) is 3. The Morgan fingerprint density at radius 2 is 1.96 bits per heavy atom. The van der Waals surface area contributed by atoms with Crippen LogP contribution >= 0.6 is 0 Å². The molecule has 0 aliphatic carbocycles. The Labute approximate surface area is 153 Å². The van der Waals surface area contributed by atoms with Crippen molar-refractivity contribution in [2.75, 3.05) is 6.54 Å². The number of aromatic nitrogens is 3. The zero-order valence-corrected chi connectivity index (χ0v) is 14.9. The molecule has 26 heavy (non-hydrogen) atoms. The first kappa shape index (κ1) is 16.5. The monoisotopic (exact) mass is 346 g/mol. The van der Waals surface area contributed by atoms with Crippen LogP contribution in [-0.2, 0) is 11.2 Å². The predicted octanol–water partition coefficient (Wildman–Crippen LogP) is 3.69. The van der Waals surface area contributed by atoms with Gasteiger partial charge in [0.1, 0.15) is 0 Å². The number of pyridine rings is 1. The molecular weight excluding hydrogens is 324 g/mol. The number of nitrogens with zero attached hydrogens (tertiary/aromatic N) is 3. The summed E-state index contributed by atoms with van der Waals surface area (Å²) in [4.78, 5) is 19.0. The number of benzene rings is 1. The van der Waals surface area contributed by atoms with Crippen LogP contribution in [0, 0.1) is 6.92 Å². The zero-order valence-electron chi connectivity index (χ0n) is 14.9. The van der Waals surface area contributed by atoms with Crippen molar-refractivity contribution in [3.63, 3.8) is 0 Å². The smallest absolute Gasteiger partial charge is 0.227 e. The van der Waals surface area contributed by atoms with Crippen LogP contribution in [0.2, 0.25) is 0 Å². The molecule has 3 heterocycles. The fourth-order valence-electron chi connectivity index (χ4n) is 3.66. The van der Waals surface area contributed by atoms with Crippen molar-refractivity contribution in [1.82, 2.24) is 20.1 Å². The minimum absolute atomic E-state index is 0.0543. The largest absolute Gasteiger partial charge is 0.334 e. The van der Waals surface area contributed by atoms with Crippen LogP contribution in [-0.4, -0.2) is 32.5 Å². The van der Waals surface area contributed by atoms with E-state index in [1.807, 2.05) is 35.4 Å². The van der Waals surface area contributed by atoms with Gasteiger partial charge in [-0.3, -0.25) is 14.9 Å². The highest BCUT2D eigenvalue weighted by molar-refractivity contribution is 5.80. The molecule has 5 heteroatoms. The van der Waals surface area contributed by atoms with Crippen LogP contribution in [0.5, 0.6) is 0 Å². The van der Waals surface area contributed by atoms with Gasteiger partial charge in [0.2, 0.25) is 5.91 Å². The van der Waals surface area contributed by atoms with Crippen molar-refractivity contribution in [2.24, 2.45) is 0 Å². The Morgan fingerprint density at radius 3 is 2.73 bits per heavy atom. The molecule has 1 atom stereocenters. The van der Waals surface area contributed by atoms with Crippen molar-refractivity contribution in [1.29, 1.82) is 0 Å². The standard InChI is InChI=1S/C21H22N4O/c1-15-4-6-16(7-5-15)13-20(26)25-12-2-3-19(25)21-18(14-23-24-21)17-8-10-22-11-9-17/h4-11,14,19H,2-3,12-13H2,1H3,(H,23,24)/t19-/m0/s1. The molecule has 2 aromatic heterocycles. The average Bonchev–Trinajstić information content (AvgIpc) is 3.33. The van der Waals surface area contributed by atoms with Crippen molar-refractivity contribution in [2.45, 2.75) is 32.2 Å². The SMILES string of the molecule is Cc1ccc(CC(=O)N2CCC[C@H]2c2[nH]ncc2-c2ccncc2)cc1. The van der Waals surface area contributed by atoms with Crippen LogP contribution in [0.1, 0.15) is 35.7 Å².